The van der Waals surface area contributed by atoms with Crippen LogP contribution in [-0.2, 0) is 89.6 Å². The number of benzene rings is 2. The van der Waals surface area contributed by atoms with Gasteiger partial charge >= 0.3 is 11.9 Å². The number of rotatable bonds is 33. The lowest BCUT2D eigenvalue weighted by Crippen LogP contribution is -2.62. The minimum Gasteiger partial charge on any atom is -0.481 e. The van der Waals surface area contributed by atoms with Crippen LogP contribution in [0.1, 0.15) is 103 Å². The Morgan fingerprint density at radius 3 is 1.54 bits per heavy atom. The number of carbonyl (C=O) groups is 16. The van der Waals surface area contributed by atoms with E-state index in [4.69, 9.17) is 39.2 Å². The average Bonchev–Trinajstić information content (AvgIpc) is 0.846. The molecular formula is C71H112N24O20S2. The number of guanidine groups is 3. The minimum absolute atomic E-state index is 0.00132. The first-order valence-electron chi connectivity index (χ1n) is 37.6. The van der Waals surface area contributed by atoms with Crippen molar-refractivity contribution in [3.8, 4) is 0 Å². The molecule has 117 heavy (non-hydrogen) atoms. The number of aliphatic carboxylic acids is 2. The van der Waals surface area contributed by atoms with Gasteiger partial charge < -0.3 is 134 Å². The highest BCUT2D eigenvalue weighted by Gasteiger charge is 2.39. The minimum atomic E-state index is -2.03. The molecule has 44 nitrogen and oxygen atoms in total. The molecule has 0 spiro atoms. The molecule has 0 saturated carbocycles. The topological polar surface area (TPSA) is 734 Å². The summed E-state index contributed by atoms with van der Waals surface area (Å²) >= 11 is 0. The number of nitrogens with one attached hydrogen (secondary N) is 20. The molecule has 1 heterocycles. The first kappa shape index (κ1) is 99.5. The first-order chi connectivity index (χ1) is 55.5. The largest absolute Gasteiger partial charge is 0.481 e. The monoisotopic (exact) mass is 1680 g/mol. The van der Waals surface area contributed by atoms with E-state index >= 15 is 9.59 Å². The highest BCUT2D eigenvalue weighted by molar-refractivity contribution is 8.76. The van der Waals surface area contributed by atoms with Gasteiger partial charge in [0.15, 0.2) is 17.9 Å². The van der Waals surface area contributed by atoms with Crippen molar-refractivity contribution in [3.63, 3.8) is 0 Å². The van der Waals surface area contributed by atoms with Crippen molar-refractivity contribution in [3.05, 3.63) is 71.8 Å². The zero-order valence-electron chi connectivity index (χ0n) is 65.4. The number of carboxylic acids is 2. The Labute approximate surface area is 682 Å². The molecule has 1 fully saturated rings. The smallest absolute Gasteiger partial charge is 0.326 e. The van der Waals surface area contributed by atoms with Gasteiger partial charge in [-0.15, -0.1) is 0 Å². The summed E-state index contributed by atoms with van der Waals surface area (Å²) in [5.74, 6) is -21.8. The van der Waals surface area contributed by atoms with Crippen molar-refractivity contribution < 1.29 is 97.1 Å². The maximum atomic E-state index is 15.1. The SMILES string of the molecule is CC[C@H](C)[C@@H]1NC(=O)C(CCCNC(=N)N)NC(=O)CNC(=O)CNC(=O)[C@H](Cc2ccccc2)NC(=O)CCNC(=O)[C@@H](NC(=O)[C@H](CO)NC(=O)[C@@H](N)CO)CSSCC(C(=O)N[C@@H](Cc2ccccc2)C(=O)N[C@@H](CCCNC(=N)N)C(=O)O)NC(=O)[C@H]([C@@H](C)CC)NC(=O)[C@H](CCCNC(=N)N)NC(=O)C(CC(=O)O)NC1=O. The third kappa shape index (κ3) is 38.6. The fourth-order valence-electron chi connectivity index (χ4n) is 11.0. The quantitative estimate of drug-likeness (QED) is 0.0137. The van der Waals surface area contributed by atoms with Crippen molar-refractivity contribution >= 4 is 134 Å². The van der Waals surface area contributed by atoms with Crippen LogP contribution in [-0.4, -0.2) is 269 Å². The summed E-state index contributed by atoms with van der Waals surface area (Å²) in [4.78, 5) is 224. The summed E-state index contributed by atoms with van der Waals surface area (Å²) in [6, 6.07) is -3.57. The fraction of sp³-hybridized carbons (Fsp3) is 0.563. The highest BCUT2D eigenvalue weighted by Crippen LogP contribution is 2.24. The Kier molecular flexibility index (Phi) is 45.5. The summed E-state index contributed by atoms with van der Waals surface area (Å²) in [7, 11) is 1.54. The zero-order chi connectivity index (χ0) is 87.3. The lowest BCUT2D eigenvalue weighted by Gasteiger charge is -2.30. The summed E-state index contributed by atoms with van der Waals surface area (Å²) in [6.45, 7) is 2.21. The number of hydrogen-bond acceptors (Lipinski definition) is 24. The molecule has 0 radical (unpaired) electrons. The van der Waals surface area contributed by atoms with Crippen LogP contribution in [0.4, 0.5) is 0 Å². The molecule has 32 N–H and O–H groups in total. The van der Waals surface area contributed by atoms with Gasteiger partial charge in [-0.2, -0.15) is 0 Å². The highest BCUT2D eigenvalue weighted by atomic mass is 33.1. The summed E-state index contributed by atoms with van der Waals surface area (Å²) in [6.07, 6.45) is -2.55. The molecule has 2 aromatic carbocycles. The van der Waals surface area contributed by atoms with Gasteiger partial charge in [0.2, 0.25) is 82.7 Å². The number of aliphatic hydroxyl groups excluding tert-OH is 2. The number of aliphatic hydroxyl groups is 2. The van der Waals surface area contributed by atoms with E-state index in [1.54, 1.807) is 74.5 Å². The molecule has 1 aliphatic rings. The predicted molar refractivity (Wildman–Crippen MR) is 428 cm³/mol. The van der Waals surface area contributed by atoms with E-state index in [2.05, 4.69) is 90.4 Å². The molecule has 648 valence electrons. The van der Waals surface area contributed by atoms with Crippen molar-refractivity contribution in [2.24, 2.45) is 34.8 Å². The van der Waals surface area contributed by atoms with Crippen LogP contribution in [0.15, 0.2) is 60.7 Å². The maximum Gasteiger partial charge on any atom is 0.326 e. The molecule has 2 aromatic rings. The molecule has 1 aliphatic heterocycles. The molecule has 1 saturated heterocycles. The van der Waals surface area contributed by atoms with Crippen LogP contribution >= 0.6 is 21.6 Å². The standard InChI is InChI=1S/C71H112N24O20S2/c1-5-37(3)55-66(112)90-47(30-54(101)102)63(109)87-43(21-14-25-81-70(75)76)61(107)95-56(38(4)6-2)67(113)93-50(65(111)89-46(29-40-18-11-8-12-19-40)62(108)88-44(68(114)115)22-15-26-82-71(77)78)36-117-116-35-49(92-64(110)48(34-97)91-57(103)41(72)33-96)59(105)79-27-23-51(98)86-45(28-39-16-9-7-10-17-39)58(104)84-31-52(99)83-32-53(100)85-42(60(106)94-55)20-13-24-80-69(73)74/h7-12,16-19,37-38,41-50,55-56,96-97H,5-6,13-15,20-36,72H2,1-4H3,(H,79,105)(H,83,99)(H,84,104)(H,85,100)(H,86,98)(H,87,109)(H,88,108)(H,89,111)(H,90,112)(H,91,103)(H,92,110)(H,93,113)(H,94,106)(H,95,107)(H,101,102)(H,114,115)(H4,73,74,80)(H4,75,76,81)(H4,77,78,82)/t37-,38-,41-,42?,43-,44-,45-,46-,47?,48-,49-,50?,55-,56-/m0/s1. The second-order valence-corrected chi connectivity index (χ2v) is 29.8. The van der Waals surface area contributed by atoms with E-state index in [1.807, 2.05) is 0 Å². The molecular weight excluding hydrogens is 1570 g/mol. The number of carbonyl (C=O) groups excluding carboxylic acids is 14. The van der Waals surface area contributed by atoms with E-state index in [9.17, 15) is 87.5 Å². The average molecular weight is 1690 g/mol. The van der Waals surface area contributed by atoms with Gasteiger partial charge in [-0.25, -0.2) is 4.79 Å². The van der Waals surface area contributed by atoms with Gasteiger partial charge in [-0.05, 0) is 61.5 Å². The molecule has 0 aliphatic carbocycles. The third-order valence-corrected chi connectivity index (χ3v) is 20.4. The molecule has 0 bridgehead atoms. The van der Waals surface area contributed by atoms with Gasteiger partial charge in [0.1, 0.15) is 72.5 Å². The second kappa shape index (κ2) is 53.5. The van der Waals surface area contributed by atoms with Crippen molar-refractivity contribution in [2.45, 2.75) is 177 Å². The van der Waals surface area contributed by atoms with E-state index < -0.39 is 254 Å². The Balaban J connectivity index is 2.34. The zero-order valence-corrected chi connectivity index (χ0v) is 67.0. The van der Waals surface area contributed by atoms with E-state index in [-0.39, 0.29) is 83.8 Å². The fourth-order valence-corrected chi connectivity index (χ4v) is 13.4. The van der Waals surface area contributed by atoms with Gasteiger partial charge in [0.05, 0.1) is 32.7 Å². The second-order valence-electron chi connectivity index (χ2n) is 27.3. The molecule has 14 atom stereocenters. The number of nitrogens with two attached hydrogens (primary N) is 4. The van der Waals surface area contributed by atoms with Crippen LogP contribution in [0.25, 0.3) is 0 Å². The van der Waals surface area contributed by atoms with Crippen LogP contribution < -0.4 is 113 Å². The van der Waals surface area contributed by atoms with Gasteiger partial charge in [0, 0.05) is 56.9 Å². The summed E-state index contributed by atoms with van der Waals surface area (Å²) in [5.41, 5.74) is 23.0. The molecule has 14 amide bonds. The van der Waals surface area contributed by atoms with Crippen molar-refractivity contribution in [1.82, 2.24) is 90.4 Å². The Bertz CT molecular complexity index is 3730. The Hall–Kier alpha value is -11.6. The number of amides is 14. The van der Waals surface area contributed by atoms with E-state index in [0.717, 1.165) is 21.6 Å². The van der Waals surface area contributed by atoms with Crippen LogP contribution in [0.3, 0.4) is 0 Å². The normalized spacial score (nSPS) is 21.3. The first-order valence-corrected chi connectivity index (χ1v) is 40.1. The summed E-state index contributed by atoms with van der Waals surface area (Å²) in [5, 5.41) is 105. The third-order valence-electron chi connectivity index (χ3n) is 18.0. The van der Waals surface area contributed by atoms with Gasteiger partial charge in [-0.1, -0.05) is 123 Å². The van der Waals surface area contributed by atoms with Crippen LogP contribution in [0, 0.1) is 28.1 Å². The van der Waals surface area contributed by atoms with Gasteiger partial charge in [-0.3, -0.25) is 88.1 Å². The van der Waals surface area contributed by atoms with Gasteiger partial charge in [0.25, 0.3) is 0 Å². The number of carboxylic acid groups (broad SMARTS) is 2. The summed E-state index contributed by atoms with van der Waals surface area (Å²) < 4.78 is 0. The van der Waals surface area contributed by atoms with E-state index in [1.165, 1.54) is 13.8 Å². The van der Waals surface area contributed by atoms with Crippen LogP contribution in [0.2, 0.25) is 0 Å². The van der Waals surface area contributed by atoms with Crippen LogP contribution in [0.5, 0.6) is 0 Å². The Morgan fingerprint density at radius 1 is 0.513 bits per heavy atom. The Morgan fingerprint density at radius 2 is 1.01 bits per heavy atom. The lowest BCUT2D eigenvalue weighted by molar-refractivity contribution is -0.142. The van der Waals surface area contributed by atoms with Crippen molar-refractivity contribution in [2.75, 3.05) is 64.0 Å². The lowest BCUT2D eigenvalue weighted by atomic mass is 9.96. The molecule has 3 rings (SSSR count). The molecule has 46 heteroatoms. The molecule has 3 unspecified atom stereocenters. The molecule has 0 aromatic heterocycles. The predicted octanol–water partition coefficient (Wildman–Crippen LogP) is -8.31. The number of hydrogen-bond donors (Lipinski definition) is 28. The maximum absolute atomic E-state index is 15.1. The van der Waals surface area contributed by atoms with E-state index in [0.29, 0.717) is 11.1 Å². The van der Waals surface area contributed by atoms with Crippen molar-refractivity contribution in [1.29, 1.82) is 16.2 Å².